The van der Waals surface area contributed by atoms with Crippen molar-refractivity contribution in [2.45, 2.75) is 13.0 Å². The topological polar surface area (TPSA) is 25.2 Å². The third-order valence-corrected chi connectivity index (χ3v) is 3.40. The number of hydrogen-bond acceptors (Lipinski definition) is 1. The molecule has 3 heteroatoms. The summed E-state index contributed by atoms with van der Waals surface area (Å²) in [5.41, 5.74) is 1.12. The highest BCUT2D eigenvalue weighted by molar-refractivity contribution is 5.83. The molecule has 0 spiro atoms. The molecule has 2 heterocycles. The Morgan fingerprint density at radius 1 is 1.17 bits per heavy atom. The molecule has 2 aromatic rings. The predicted octanol–water partition coefficient (Wildman–Crippen LogP) is 2.43. The minimum atomic E-state index is 0.195. The number of hydrogen-bond donors (Lipinski definition) is 0. The smallest absolute Gasteiger partial charge is 0.242 e. The summed E-state index contributed by atoms with van der Waals surface area (Å²) in [6.07, 6.45) is 7.16. The molecule has 18 heavy (non-hydrogen) atoms. The summed E-state index contributed by atoms with van der Waals surface area (Å²) in [5.74, 6) is 0.195. The van der Waals surface area contributed by atoms with Crippen LogP contribution in [0.2, 0.25) is 0 Å². The van der Waals surface area contributed by atoms with Gasteiger partial charge in [-0.25, -0.2) is 0 Å². The molecule has 0 saturated carbocycles. The maximum Gasteiger partial charge on any atom is 0.242 e. The number of aromatic nitrogens is 1. The van der Waals surface area contributed by atoms with Crippen molar-refractivity contribution in [1.82, 2.24) is 9.47 Å². The van der Waals surface area contributed by atoms with E-state index in [1.807, 2.05) is 27.8 Å². The van der Waals surface area contributed by atoms with Crippen LogP contribution in [0, 0.1) is 0 Å². The van der Waals surface area contributed by atoms with Gasteiger partial charge in [0.15, 0.2) is 0 Å². The first-order chi connectivity index (χ1) is 8.84. The molecule has 0 bridgehead atoms. The van der Waals surface area contributed by atoms with Gasteiger partial charge in [-0.05, 0) is 23.9 Å². The minimum absolute atomic E-state index is 0.195. The lowest BCUT2D eigenvalue weighted by atomic mass is 10.2. The van der Waals surface area contributed by atoms with Gasteiger partial charge in [-0.3, -0.25) is 4.79 Å². The van der Waals surface area contributed by atoms with E-state index in [0.29, 0.717) is 6.54 Å². The number of nitrogens with zero attached hydrogens (tertiary/aromatic N) is 2. The zero-order valence-electron chi connectivity index (χ0n) is 10.2. The van der Waals surface area contributed by atoms with Gasteiger partial charge in [-0.15, -0.1) is 0 Å². The van der Waals surface area contributed by atoms with Crippen molar-refractivity contribution in [3.63, 3.8) is 0 Å². The van der Waals surface area contributed by atoms with Crippen LogP contribution in [-0.2, 0) is 11.3 Å². The summed E-state index contributed by atoms with van der Waals surface area (Å²) < 4.78 is 2.02. The summed E-state index contributed by atoms with van der Waals surface area (Å²) in [7, 11) is 0. The molecule has 92 valence electrons. The summed E-state index contributed by atoms with van der Waals surface area (Å²) in [4.78, 5) is 14.1. The van der Waals surface area contributed by atoms with Crippen LogP contribution in [0.25, 0.3) is 10.9 Å². The first-order valence-electron chi connectivity index (χ1n) is 6.31. The van der Waals surface area contributed by atoms with Crippen molar-refractivity contribution >= 4 is 16.8 Å². The van der Waals surface area contributed by atoms with Crippen LogP contribution in [0.1, 0.15) is 6.42 Å². The van der Waals surface area contributed by atoms with Crippen molar-refractivity contribution in [3.05, 3.63) is 48.7 Å². The summed E-state index contributed by atoms with van der Waals surface area (Å²) in [5, 5.41) is 1.18. The molecule has 0 atom stereocenters. The summed E-state index contributed by atoms with van der Waals surface area (Å²) >= 11 is 0. The van der Waals surface area contributed by atoms with E-state index in [-0.39, 0.29) is 5.91 Å². The van der Waals surface area contributed by atoms with Gasteiger partial charge in [-0.1, -0.05) is 30.4 Å². The Morgan fingerprint density at radius 3 is 2.89 bits per heavy atom. The lowest BCUT2D eigenvalue weighted by Crippen LogP contribution is -2.36. The summed E-state index contributed by atoms with van der Waals surface area (Å²) in [6, 6.07) is 10.2. The molecule has 0 unspecified atom stereocenters. The predicted molar refractivity (Wildman–Crippen MR) is 72.3 cm³/mol. The first kappa shape index (κ1) is 11.1. The lowest BCUT2D eigenvalue weighted by molar-refractivity contribution is -0.131. The average molecular weight is 240 g/mol. The normalized spacial score (nSPS) is 15.2. The number of para-hydroxylation sites is 1. The van der Waals surface area contributed by atoms with E-state index in [1.165, 1.54) is 5.39 Å². The minimum Gasteiger partial charge on any atom is -0.338 e. The van der Waals surface area contributed by atoms with Crippen molar-refractivity contribution in [1.29, 1.82) is 0 Å². The molecule has 3 nitrogen and oxygen atoms in total. The van der Waals surface area contributed by atoms with Gasteiger partial charge in [0.25, 0.3) is 0 Å². The van der Waals surface area contributed by atoms with Crippen molar-refractivity contribution in [3.8, 4) is 0 Å². The van der Waals surface area contributed by atoms with E-state index in [1.54, 1.807) is 0 Å². The molecular formula is C15H16N2O. The molecule has 0 fully saturated rings. The lowest BCUT2D eigenvalue weighted by Gasteiger charge is -2.23. The highest BCUT2D eigenvalue weighted by Crippen LogP contribution is 2.15. The van der Waals surface area contributed by atoms with Crippen molar-refractivity contribution < 1.29 is 4.79 Å². The second-order valence-corrected chi connectivity index (χ2v) is 4.60. The standard InChI is InChI=1S/C15H16N2O/c18-15(16-9-4-1-5-10-16)12-17-11-8-13-6-2-3-7-14(13)17/h1-4,6-8,11H,5,9-10,12H2. The quantitative estimate of drug-likeness (QED) is 0.740. The van der Waals surface area contributed by atoms with Crippen molar-refractivity contribution in [2.75, 3.05) is 13.1 Å². The van der Waals surface area contributed by atoms with Crippen LogP contribution in [0.4, 0.5) is 0 Å². The number of carbonyl (C=O) groups is 1. The van der Waals surface area contributed by atoms with Gasteiger partial charge in [0.2, 0.25) is 5.91 Å². The Labute approximate surface area is 106 Å². The van der Waals surface area contributed by atoms with Crippen LogP contribution in [0.3, 0.4) is 0 Å². The molecule has 1 amide bonds. The van der Waals surface area contributed by atoms with Crippen LogP contribution in [-0.4, -0.2) is 28.5 Å². The molecule has 1 aromatic carbocycles. The average Bonchev–Trinajstić information content (AvgIpc) is 2.83. The Balaban J connectivity index is 1.79. The van der Waals surface area contributed by atoms with Crippen LogP contribution in [0.15, 0.2) is 48.7 Å². The molecule has 0 N–H and O–H groups in total. The van der Waals surface area contributed by atoms with Crippen molar-refractivity contribution in [2.24, 2.45) is 0 Å². The van der Waals surface area contributed by atoms with Crippen LogP contribution in [0.5, 0.6) is 0 Å². The van der Waals surface area contributed by atoms with E-state index in [2.05, 4.69) is 30.4 Å². The SMILES string of the molecule is O=C(Cn1ccc2ccccc21)N1CC=CCC1. The van der Waals surface area contributed by atoms with Crippen LogP contribution >= 0.6 is 0 Å². The monoisotopic (exact) mass is 240 g/mol. The molecule has 1 aliphatic rings. The van der Waals surface area contributed by atoms with Gasteiger partial charge in [0.1, 0.15) is 6.54 Å². The number of amides is 1. The first-order valence-corrected chi connectivity index (χ1v) is 6.31. The third-order valence-electron chi connectivity index (χ3n) is 3.40. The number of fused-ring (bicyclic) bond motifs is 1. The molecule has 0 radical (unpaired) electrons. The van der Waals surface area contributed by atoms with Gasteiger partial charge in [-0.2, -0.15) is 0 Å². The maximum atomic E-state index is 12.2. The molecule has 1 aromatic heterocycles. The van der Waals surface area contributed by atoms with E-state index in [4.69, 9.17) is 0 Å². The number of carbonyl (C=O) groups excluding carboxylic acids is 1. The largest absolute Gasteiger partial charge is 0.338 e. The molecule has 0 saturated heterocycles. The van der Waals surface area contributed by atoms with Gasteiger partial charge >= 0.3 is 0 Å². The zero-order chi connectivity index (χ0) is 12.4. The Kier molecular flexibility index (Phi) is 2.89. The van der Waals surface area contributed by atoms with Gasteiger partial charge in [0.05, 0.1) is 0 Å². The molecule has 1 aliphatic heterocycles. The maximum absolute atomic E-state index is 12.2. The number of benzene rings is 1. The Morgan fingerprint density at radius 2 is 2.06 bits per heavy atom. The number of rotatable bonds is 2. The zero-order valence-corrected chi connectivity index (χ0v) is 10.2. The van der Waals surface area contributed by atoms with E-state index >= 15 is 0 Å². The van der Waals surface area contributed by atoms with E-state index in [0.717, 1.165) is 25.0 Å². The Hall–Kier alpha value is -2.03. The molecular weight excluding hydrogens is 224 g/mol. The second-order valence-electron chi connectivity index (χ2n) is 4.60. The van der Waals surface area contributed by atoms with E-state index < -0.39 is 0 Å². The fraction of sp³-hybridized carbons (Fsp3) is 0.267. The molecule has 0 aliphatic carbocycles. The highest BCUT2D eigenvalue weighted by Gasteiger charge is 2.14. The third kappa shape index (κ3) is 2.04. The fourth-order valence-corrected chi connectivity index (χ4v) is 2.39. The van der Waals surface area contributed by atoms with Gasteiger partial charge in [0, 0.05) is 24.8 Å². The van der Waals surface area contributed by atoms with Gasteiger partial charge < -0.3 is 9.47 Å². The van der Waals surface area contributed by atoms with E-state index in [9.17, 15) is 4.79 Å². The molecule has 3 rings (SSSR count). The highest BCUT2D eigenvalue weighted by atomic mass is 16.2. The Bertz CT molecular complexity index is 597. The fourth-order valence-electron chi connectivity index (χ4n) is 2.39. The summed E-state index contributed by atoms with van der Waals surface area (Å²) in [6.45, 7) is 2.02. The second kappa shape index (κ2) is 4.69. The van der Waals surface area contributed by atoms with Crippen LogP contribution < -0.4 is 0 Å².